The lowest BCUT2D eigenvalue weighted by atomic mass is 10.1. The van der Waals surface area contributed by atoms with Gasteiger partial charge in [-0.2, -0.15) is 0 Å². The third kappa shape index (κ3) is 22.8. The second kappa shape index (κ2) is 26.6. The fourth-order valence-electron chi connectivity index (χ4n) is 4.05. The summed E-state index contributed by atoms with van der Waals surface area (Å²) in [7, 11) is 0. The number of carbonyl (C=O) groups is 2. The van der Waals surface area contributed by atoms with Crippen LogP contribution in [0.4, 0.5) is 4.79 Å². The Bertz CT molecular complexity index is 496. The summed E-state index contributed by atoms with van der Waals surface area (Å²) in [6, 6.07) is 0. The molecule has 0 saturated heterocycles. The van der Waals surface area contributed by atoms with Crippen molar-refractivity contribution < 1.29 is 14.3 Å². The minimum Gasteiger partial charge on any atom is -0.461 e. The number of nitrogens with zero attached hydrogens (tertiary/aromatic N) is 1. The number of carbonyl (C=O) groups excluding carboxylic acids is 2. The van der Waals surface area contributed by atoms with Gasteiger partial charge in [-0.15, -0.1) is 0 Å². The van der Waals surface area contributed by atoms with Gasteiger partial charge in [-0.3, -0.25) is 9.59 Å². The molecule has 1 amide bonds. The van der Waals surface area contributed by atoms with Crippen LogP contribution in [0.25, 0.3) is 0 Å². The topological polar surface area (TPSA) is 46.6 Å². The van der Waals surface area contributed by atoms with Gasteiger partial charge in [0.2, 0.25) is 0 Å². The highest BCUT2D eigenvalue weighted by Gasteiger charge is 2.11. The van der Waals surface area contributed by atoms with Crippen molar-refractivity contribution in [1.29, 1.82) is 0 Å². The predicted molar refractivity (Wildman–Crippen MR) is 150 cm³/mol. The van der Waals surface area contributed by atoms with Crippen LogP contribution < -0.4 is 0 Å². The zero-order valence-electron chi connectivity index (χ0n) is 22.8. The second-order valence-corrected chi connectivity index (χ2v) is 10.2. The third-order valence-electron chi connectivity index (χ3n) is 6.25. The van der Waals surface area contributed by atoms with E-state index in [1.54, 1.807) is 0 Å². The van der Waals surface area contributed by atoms with E-state index in [4.69, 9.17) is 4.74 Å². The fourth-order valence-corrected chi connectivity index (χ4v) is 4.49. The second-order valence-electron chi connectivity index (χ2n) is 9.45. The van der Waals surface area contributed by atoms with Crippen LogP contribution in [-0.2, 0) is 9.53 Å². The van der Waals surface area contributed by atoms with E-state index in [9.17, 15) is 9.59 Å². The molecular weight excluding hydrogens is 442 g/mol. The molecule has 0 aliphatic carbocycles. The molecule has 0 saturated carbocycles. The molecule has 0 rings (SSSR count). The molecule has 0 unspecified atom stereocenters. The quantitative estimate of drug-likeness (QED) is 0.0757. The van der Waals surface area contributed by atoms with Crippen LogP contribution >= 0.6 is 11.8 Å². The van der Waals surface area contributed by atoms with Crippen LogP contribution in [-0.4, -0.2) is 42.1 Å². The van der Waals surface area contributed by atoms with E-state index in [1.807, 2.05) is 17.2 Å². The lowest BCUT2D eigenvalue weighted by molar-refractivity contribution is -0.142. The smallest absolute Gasteiger partial charge is 0.306 e. The SMILES string of the molecule is CCCCCC/C=C\COC(=O)CCCCCCCN(CCCCCCCCCC)C(=O)SC. The summed E-state index contributed by atoms with van der Waals surface area (Å²) in [5, 5.41) is 0.209. The van der Waals surface area contributed by atoms with Gasteiger partial charge in [-0.25, -0.2) is 0 Å². The number of rotatable bonds is 24. The molecule has 34 heavy (non-hydrogen) atoms. The van der Waals surface area contributed by atoms with Gasteiger partial charge < -0.3 is 9.64 Å². The predicted octanol–water partition coefficient (Wildman–Crippen LogP) is 9.32. The Morgan fingerprint density at radius 1 is 0.676 bits per heavy atom. The van der Waals surface area contributed by atoms with Gasteiger partial charge in [0.1, 0.15) is 6.61 Å². The monoisotopic (exact) mass is 497 g/mol. The van der Waals surface area contributed by atoms with Crippen molar-refractivity contribution in [2.75, 3.05) is 26.0 Å². The van der Waals surface area contributed by atoms with E-state index in [1.165, 1.54) is 82.4 Å². The van der Waals surface area contributed by atoms with Crippen molar-refractivity contribution in [3.63, 3.8) is 0 Å². The van der Waals surface area contributed by atoms with Gasteiger partial charge in [0.25, 0.3) is 5.24 Å². The molecule has 4 nitrogen and oxygen atoms in total. The Hall–Kier alpha value is -0.970. The number of allylic oxidation sites excluding steroid dienone is 1. The average Bonchev–Trinajstić information content (AvgIpc) is 2.84. The zero-order valence-corrected chi connectivity index (χ0v) is 23.6. The summed E-state index contributed by atoms with van der Waals surface area (Å²) in [4.78, 5) is 26.1. The lowest BCUT2D eigenvalue weighted by Crippen LogP contribution is -2.29. The third-order valence-corrected chi connectivity index (χ3v) is 6.86. The Morgan fingerprint density at radius 3 is 1.74 bits per heavy atom. The van der Waals surface area contributed by atoms with E-state index >= 15 is 0 Å². The molecule has 0 aromatic rings. The normalized spacial score (nSPS) is 11.3. The number of unbranched alkanes of at least 4 members (excludes halogenated alkanes) is 15. The Balaban J connectivity index is 3.68. The van der Waals surface area contributed by atoms with Crippen LogP contribution in [0, 0.1) is 0 Å². The van der Waals surface area contributed by atoms with E-state index < -0.39 is 0 Å². The van der Waals surface area contributed by atoms with E-state index in [0.717, 1.165) is 58.0 Å². The highest BCUT2D eigenvalue weighted by atomic mass is 32.2. The first-order chi connectivity index (χ1) is 16.7. The first-order valence-electron chi connectivity index (χ1n) is 14.3. The molecule has 0 fully saturated rings. The van der Waals surface area contributed by atoms with Gasteiger partial charge in [-0.1, -0.05) is 121 Å². The largest absolute Gasteiger partial charge is 0.461 e. The zero-order chi connectivity index (χ0) is 25.1. The first kappa shape index (κ1) is 33.0. The maximum atomic E-state index is 12.2. The minimum absolute atomic E-state index is 0.0854. The lowest BCUT2D eigenvalue weighted by Gasteiger charge is -2.21. The van der Waals surface area contributed by atoms with Crippen LogP contribution in [0.1, 0.15) is 136 Å². The van der Waals surface area contributed by atoms with Gasteiger partial charge in [0.15, 0.2) is 0 Å². The van der Waals surface area contributed by atoms with Gasteiger partial charge in [0.05, 0.1) is 0 Å². The standard InChI is InChI=1S/C29H55NO3S/c1-4-6-8-10-12-13-17-21-25-30(29(32)34-3)26-22-18-15-16-20-24-28(31)33-27-23-19-14-11-9-7-5-2/h19,23H,4-18,20-22,24-27H2,1-3H3/b23-19-. The van der Waals surface area contributed by atoms with Crippen molar-refractivity contribution in [1.82, 2.24) is 4.90 Å². The summed E-state index contributed by atoms with van der Waals surface area (Å²) in [6.45, 7) is 6.64. The van der Waals surface area contributed by atoms with Crippen LogP contribution in [0.2, 0.25) is 0 Å². The number of esters is 1. The molecule has 5 heteroatoms. The number of hydrogen-bond donors (Lipinski definition) is 0. The molecule has 200 valence electrons. The summed E-state index contributed by atoms with van der Waals surface area (Å²) in [5.41, 5.74) is 0. The molecule has 0 radical (unpaired) electrons. The molecule has 0 aliphatic heterocycles. The Morgan fingerprint density at radius 2 is 1.18 bits per heavy atom. The molecule has 0 aliphatic rings. The number of ether oxygens (including phenoxy) is 1. The Kier molecular flexibility index (Phi) is 25.9. The Labute approximate surface area is 216 Å². The summed E-state index contributed by atoms with van der Waals surface area (Å²) >= 11 is 1.33. The molecule has 0 aromatic heterocycles. The summed E-state index contributed by atoms with van der Waals surface area (Å²) < 4.78 is 5.27. The summed E-state index contributed by atoms with van der Waals surface area (Å²) in [5.74, 6) is -0.0854. The molecule has 0 spiro atoms. The number of thioether (sulfide) groups is 1. The molecular formula is C29H55NO3S. The molecule has 0 heterocycles. The van der Waals surface area contributed by atoms with Gasteiger partial charge in [0, 0.05) is 19.5 Å². The van der Waals surface area contributed by atoms with E-state index in [0.29, 0.717) is 13.0 Å². The van der Waals surface area contributed by atoms with Gasteiger partial charge in [-0.05, 0) is 38.4 Å². The van der Waals surface area contributed by atoms with Crippen LogP contribution in [0.3, 0.4) is 0 Å². The molecule has 0 atom stereocenters. The van der Waals surface area contributed by atoms with Gasteiger partial charge >= 0.3 is 5.97 Å². The van der Waals surface area contributed by atoms with Crippen molar-refractivity contribution in [2.24, 2.45) is 0 Å². The number of amides is 1. The highest BCUT2D eigenvalue weighted by molar-refractivity contribution is 8.12. The molecule has 0 N–H and O–H groups in total. The average molecular weight is 498 g/mol. The van der Waals surface area contributed by atoms with E-state index in [-0.39, 0.29) is 11.2 Å². The highest BCUT2D eigenvalue weighted by Crippen LogP contribution is 2.13. The fraction of sp³-hybridized carbons (Fsp3) is 0.862. The van der Waals surface area contributed by atoms with E-state index in [2.05, 4.69) is 19.9 Å². The van der Waals surface area contributed by atoms with Crippen molar-refractivity contribution in [3.05, 3.63) is 12.2 Å². The summed E-state index contributed by atoms with van der Waals surface area (Å²) in [6.07, 6.45) is 28.2. The van der Waals surface area contributed by atoms with Crippen molar-refractivity contribution in [2.45, 2.75) is 136 Å². The molecule has 0 bridgehead atoms. The maximum Gasteiger partial charge on any atom is 0.306 e. The minimum atomic E-state index is -0.0854. The number of hydrogen-bond acceptors (Lipinski definition) is 4. The van der Waals surface area contributed by atoms with Crippen molar-refractivity contribution >= 4 is 23.0 Å². The van der Waals surface area contributed by atoms with Crippen LogP contribution in [0.5, 0.6) is 0 Å². The first-order valence-corrected chi connectivity index (χ1v) is 15.5. The maximum absolute atomic E-state index is 12.2. The van der Waals surface area contributed by atoms with Crippen molar-refractivity contribution in [3.8, 4) is 0 Å². The van der Waals surface area contributed by atoms with Crippen LogP contribution in [0.15, 0.2) is 12.2 Å². The molecule has 0 aromatic carbocycles.